The summed E-state index contributed by atoms with van der Waals surface area (Å²) in [6, 6.07) is -2.19. The molecule has 0 fully saturated rings. The Morgan fingerprint density at radius 2 is 1.74 bits per heavy atom. The van der Waals surface area contributed by atoms with Crippen molar-refractivity contribution in [2.24, 2.45) is 5.92 Å². The molecule has 0 spiro atoms. The number of rotatable bonds is 8. The third kappa shape index (κ3) is 8.15. The molecular weight excluding hydrogens is 331 g/mol. The minimum atomic E-state index is -4.70. The molecule has 0 radical (unpaired) electrons. The first-order valence-corrected chi connectivity index (χ1v) is 8.91. The third-order valence-corrected chi connectivity index (χ3v) is 4.65. The number of ether oxygens (including phenoxy) is 1. The van der Waals surface area contributed by atoms with Crippen molar-refractivity contribution in [2.45, 2.75) is 83.9 Å². The number of unbranched alkanes of at least 4 members (excludes halogenated alkanes) is 1. The highest BCUT2D eigenvalue weighted by atomic mass is 32.2. The van der Waals surface area contributed by atoms with E-state index in [1.54, 1.807) is 34.6 Å². The third-order valence-electron chi connectivity index (χ3n) is 3.07. The highest BCUT2D eigenvalue weighted by Gasteiger charge is 2.49. The van der Waals surface area contributed by atoms with Crippen LogP contribution in [0.2, 0.25) is 0 Å². The summed E-state index contributed by atoms with van der Waals surface area (Å²) in [6.45, 7) is 9.69. The first kappa shape index (κ1) is 22.4. The number of nitrogens with one attached hydrogen (secondary N) is 1. The van der Waals surface area contributed by atoms with Gasteiger partial charge in [-0.2, -0.15) is 13.2 Å². The minimum absolute atomic E-state index is 0.0283. The predicted octanol–water partition coefficient (Wildman–Crippen LogP) is 3.73. The number of halogens is 3. The van der Waals surface area contributed by atoms with Crippen molar-refractivity contribution in [3.8, 4) is 0 Å². The van der Waals surface area contributed by atoms with E-state index in [1.807, 2.05) is 6.92 Å². The van der Waals surface area contributed by atoms with Crippen LogP contribution in [0.3, 0.4) is 0 Å². The number of carbonyl (C=O) groups is 1. The summed E-state index contributed by atoms with van der Waals surface area (Å²) in [5.41, 5.74) is 0. The lowest BCUT2D eigenvalue weighted by molar-refractivity contribution is -0.181. The zero-order chi connectivity index (χ0) is 18.4. The van der Waals surface area contributed by atoms with Gasteiger partial charge in [-0.25, -0.2) is 8.93 Å². The van der Waals surface area contributed by atoms with Crippen LogP contribution in [-0.4, -0.2) is 33.2 Å². The van der Waals surface area contributed by atoms with Crippen LogP contribution in [0, 0.1) is 5.92 Å². The number of carbonyl (C=O) groups excluding carboxylic acids is 1. The molecule has 0 aliphatic heterocycles. The van der Waals surface area contributed by atoms with Gasteiger partial charge in [-0.3, -0.25) is 4.79 Å². The standard InChI is InChI=1S/C15H28F3NO3S/c1-7-8-9-11(13(20)22-10(2)3)12(15(16,17)18)19-23(21)14(4,5)6/h10-12,19H,7-9H2,1-6H3/t11-,12-,23-/m0/s1. The van der Waals surface area contributed by atoms with E-state index in [-0.39, 0.29) is 6.42 Å². The maximum absolute atomic E-state index is 13.4. The molecule has 0 unspecified atom stereocenters. The van der Waals surface area contributed by atoms with Gasteiger partial charge in [0.25, 0.3) is 0 Å². The molecule has 0 aromatic heterocycles. The van der Waals surface area contributed by atoms with Gasteiger partial charge in [-0.05, 0) is 41.0 Å². The zero-order valence-electron chi connectivity index (χ0n) is 14.6. The summed E-state index contributed by atoms with van der Waals surface area (Å²) < 4.78 is 58.6. The Kier molecular flexibility index (Phi) is 8.76. The lowest BCUT2D eigenvalue weighted by Gasteiger charge is -2.31. The maximum atomic E-state index is 13.4. The molecule has 0 aromatic rings. The number of alkyl halides is 3. The van der Waals surface area contributed by atoms with Gasteiger partial charge in [-0.15, -0.1) is 0 Å². The van der Waals surface area contributed by atoms with Crippen LogP contribution in [0.1, 0.15) is 60.8 Å². The zero-order valence-corrected chi connectivity index (χ0v) is 15.4. The molecule has 0 saturated heterocycles. The molecule has 4 nitrogen and oxygen atoms in total. The monoisotopic (exact) mass is 359 g/mol. The van der Waals surface area contributed by atoms with Crippen molar-refractivity contribution in [1.29, 1.82) is 0 Å². The molecule has 0 aliphatic carbocycles. The van der Waals surface area contributed by atoms with E-state index in [9.17, 15) is 22.2 Å². The van der Waals surface area contributed by atoms with Gasteiger partial charge in [0.15, 0.2) is 0 Å². The van der Waals surface area contributed by atoms with Crippen molar-refractivity contribution < 1.29 is 26.9 Å². The summed E-state index contributed by atoms with van der Waals surface area (Å²) in [4.78, 5) is 12.1. The summed E-state index contributed by atoms with van der Waals surface area (Å²) in [5, 5.41) is 0. The Morgan fingerprint density at radius 3 is 2.09 bits per heavy atom. The molecule has 3 atom stereocenters. The maximum Gasteiger partial charge on any atom is 0.405 e. The van der Waals surface area contributed by atoms with Crippen LogP contribution in [-0.2, 0) is 20.5 Å². The average molecular weight is 359 g/mol. The number of hydrogen-bond acceptors (Lipinski definition) is 3. The van der Waals surface area contributed by atoms with Crippen molar-refractivity contribution in [3.05, 3.63) is 0 Å². The quantitative estimate of drug-likeness (QED) is 0.672. The van der Waals surface area contributed by atoms with Crippen molar-refractivity contribution >= 4 is 17.0 Å². The van der Waals surface area contributed by atoms with Gasteiger partial charge in [-0.1, -0.05) is 19.8 Å². The molecule has 0 amide bonds. The largest absolute Gasteiger partial charge is 0.463 e. The normalized spacial score (nSPS) is 17.0. The first-order chi connectivity index (χ1) is 10.3. The fourth-order valence-electron chi connectivity index (χ4n) is 1.83. The summed E-state index contributed by atoms with van der Waals surface area (Å²) in [6.07, 6.45) is -4.07. The summed E-state index contributed by atoms with van der Waals surface area (Å²) in [7, 11) is -1.95. The van der Waals surface area contributed by atoms with Gasteiger partial charge < -0.3 is 4.74 Å². The van der Waals surface area contributed by atoms with Crippen LogP contribution < -0.4 is 4.72 Å². The number of esters is 1. The Hall–Kier alpha value is -0.630. The predicted molar refractivity (Wildman–Crippen MR) is 85.1 cm³/mol. The van der Waals surface area contributed by atoms with Crippen LogP contribution in [0.4, 0.5) is 13.2 Å². The Morgan fingerprint density at radius 1 is 1.22 bits per heavy atom. The molecule has 23 heavy (non-hydrogen) atoms. The lowest BCUT2D eigenvalue weighted by atomic mass is 9.94. The van der Waals surface area contributed by atoms with E-state index >= 15 is 0 Å². The van der Waals surface area contributed by atoms with Crippen molar-refractivity contribution in [2.75, 3.05) is 0 Å². The van der Waals surface area contributed by atoms with Gasteiger partial charge in [0.05, 0.1) is 27.8 Å². The lowest BCUT2D eigenvalue weighted by Crippen LogP contribution is -2.53. The highest BCUT2D eigenvalue weighted by molar-refractivity contribution is 7.84. The fraction of sp³-hybridized carbons (Fsp3) is 0.933. The van der Waals surface area contributed by atoms with Crippen LogP contribution in [0.5, 0.6) is 0 Å². The Labute approximate surface area is 139 Å². The van der Waals surface area contributed by atoms with Crippen LogP contribution in [0.15, 0.2) is 0 Å². The van der Waals surface area contributed by atoms with Crippen LogP contribution >= 0.6 is 0 Å². The second kappa shape index (κ2) is 9.01. The molecule has 0 aromatic carbocycles. The SMILES string of the molecule is CCCC[C@H](C(=O)OC(C)C)[C@H](N[S@@](=O)C(C)(C)C)C(F)(F)F. The van der Waals surface area contributed by atoms with E-state index in [0.717, 1.165) is 0 Å². The van der Waals surface area contributed by atoms with Gasteiger partial charge in [0.1, 0.15) is 6.04 Å². The highest BCUT2D eigenvalue weighted by Crippen LogP contribution is 2.31. The second-order valence-corrected chi connectivity index (χ2v) is 8.75. The molecule has 8 heteroatoms. The van der Waals surface area contributed by atoms with E-state index in [0.29, 0.717) is 12.8 Å². The first-order valence-electron chi connectivity index (χ1n) is 7.76. The van der Waals surface area contributed by atoms with E-state index in [2.05, 4.69) is 4.72 Å². The molecule has 138 valence electrons. The van der Waals surface area contributed by atoms with Gasteiger partial charge >= 0.3 is 12.1 Å². The second-order valence-electron chi connectivity index (χ2n) is 6.75. The van der Waals surface area contributed by atoms with Crippen molar-refractivity contribution in [3.63, 3.8) is 0 Å². The van der Waals surface area contributed by atoms with Crippen LogP contribution in [0.25, 0.3) is 0 Å². The summed E-state index contributed by atoms with van der Waals surface area (Å²) >= 11 is 0. The van der Waals surface area contributed by atoms with Gasteiger partial charge in [0, 0.05) is 0 Å². The Bertz CT molecular complexity index is 406. The molecule has 0 saturated carbocycles. The van der Waals surface area contributed by atoms with E-state index < -0.39 is 45.9 Å². The van der Waals surface area contributed by atoms with Crippen molar-refractivity contribution in [1.82, 2.24) is 4.72 Å². The molecule has 0 bridgehead atoms. The summed E-state index contributed by atoms with van der Waals surface area (Å²) in [5.74, 6) is -2.32. The molecule has 0 heterocycles. The average Bonchev–Trinajstić information content (AvgIpc) is 2.34. The molecular formula is C15H28F3NO3S. The minimum Gasteiger partial charge on any atom is -0.463 e. The van der Waals surface area contributed by atoms with E-state index in [1.165, 1.54) is 0 Å². The Balaban J connectivity index is 5.47. The molecule has 1 N–H and O–H groups in total. The molecule has 0 rings (SSSR count). The smallest absolute Gasteiger partial charge is 0.405 e. The van der Waals surface area contributed by atoms with Gasteiger partial charge in [0.2, 0.25) is 0 Å². The van der Waals surface area contributed by atoms with E-state index in [4.69, 9.17) is 4.74 Å². The number of hydrogen-bond donors (Lipinski definition) is 1. The molecule has 0 aliphatic rings. The fourth-order valence-corrected chi connectivity index (χ4v) is 2.72. The topological polar surface area (TPSA) is 55.4 Å².